The van der Waals surface area contributed by atoms with Crippen LogP contribution in [-0.2, 0) is 11.0 Å². The topological polar surface area (TPSA) is 140 Å². The average Bonchev–Trinajstić information content (AvgIpc) is 2.85. The van der Waals surface area contributed by atoms with Gasteiger partial charge in [-0.25, -0.2) is 9.59 Å². The molecule has 0 saturated heterocycles. The third-order valence-corrected chi connectivity index (χ3v) is 4.96. The fraction of sp³-hybridized carbons (Fsp3) is 0.160. The number of anilines is 3. The minimum Gasteiger partial charge on any atom is -0.475 e. The summed E-state index contributed by atoms with van der Waals surface area (Å²) in [6, 6.07) is 17.7. The van der Waals surface area contributed by atoms with Crippen molar-refractivity contribution in [1.29, 1.82) is 5.41 Å². The lowest BCUT2D eigenvalue weighted by molar-refractivity contribution is -0.192. The highest BCUT2D eigenvalue weighted by Crippen LogP contribution is 2.35. The molecule has 0 aromatic heterocycles. The van der Waals surface area contributed by atoms with Crippen molar-refractivity contribution in [3.05, 3.63) is 89.5 Å². The average molecular weight is 555 g/mol. The maximum atomic E-state index is 13.2. The number of benzene rings is 3. The molecular formula is C25H23F6N5O3. The van der Waals surface area contributed by atoms with E-state index < -0.39 is 29.9 Å². The molecule has 3 aromatic rings. The number of urea groups is 1. The normalized spacial score (nSPS) is 11.9. The molecule has 7 N–H and O–H groups in total. The summed E-state index contributed by atoms with van der Waals surface area (Å²) >= 11 is 0. The molecule has 3 aromatic carbocycles. The number of amidine groups is 1. The van der Waals surface area contributed by atoms with Gasteiger partial charge in [-0.3, -0.25) is 5.41 Å². The van der Waals surface area contributed by atoms with Crippen LogP contribution in [0.5, 0.6) is 0 Å². The number of carbonyl (C=O) groups excluding carboxylic acids is 1. The summed E-state index contributed by atoms with van der Waals surface area (Å²) in [5.74, 6) is -2.86. The number of alkyl halides is 6. The molecule has 8 nitrogen and oxygen atoms in total. The first kappa shape index (κ1) is 30.5. The molecule has 0 aliphatic heterocycles. The fourth-order valence-electron chi connectivity index (χ4n) is 3.03. The predicted octanol–water partition coefficient (Wildman–Crippen LogP) is 6.44. The Hall–Kier alpha value is -4.75. The van der Waals surface area contributed by atoms with Gasteiger partial charge in [-0.05, 0) is 55.0 Å². The second kappa shape index (κ2) is 12.7. The van der Waals surface area contributed by atoms with Crippen LogP contribution in [0.1, 0.15) is 29.7 Å². The van der Waals surface area contributed by atoms with E-state index in [1.54, 1.807) is 24.3 Å². The lowest BCUT2D eigenvalue weighted by Crippen LogP contribution is -2.21. The van der Waals surface area contributed by atoms with E-state index in [4.69, 9.17) is 21.0 Å². The van der Waals surface area contributed by atoms with Gasteiger partial charge in [-0.15, -0.1) is 0 Å². The van der Waals surface area contributed by atoms with E-state index in [0.29, 0.717) is 11.3 Å². The molecule has 39 heavy (non-hydrogen) atoms. The molecule has 0 spiro atoms. The number of hydrogen-bond acceptors (Lipinski definition) is 4. The molecule has 1 unspecified atom stereocenters. The van der Waals surface area contributed by atoms with E-state index in [2.05, 4.69) is 16.0 Å². The number of rotatable bonds is 6. The van der Waals surface area contributed by atoms with E-state index >= 15 is 0 Å². The number of aliphatic carboxylic acids is 1. The van der Waals surface area contributed by atoms with Gasteiger partial charge in [0.05, 0.1) is 16.9 Å². The third kappa shape index (κ3) is 9.57. The zero-order chi connectivity index (χ0) is 29.4. The first-order chi connectivity index (χ1) is 18.1. The molecule has 2 amide bonds. The Morgan fingerprint density at radius 1 is 0.872 bits per heavy atom. The van der Waals surface area contributed by atoms with Crippen LogP contribution in [-0.4, -0.2) is 29.1 Å². The maximum Gasteiger partial charge on any atom is 0.490 e. The van der Waals surface area contributed by atoms with Crippen LogP contribution < -0.4 is 21.7 Å². The summed E-state index contributed by atoms with van der Waals surface area (Å²) < 4.78 is 71.5. The van der Waals surface area contributed by atoms with Gasteiger partial charge in [0.1, 0.15) is 5.84 Å². The first-order valence-electron chi connectivity index (χ1n) is 10.9. The van der Waals surface area contributed by atoms with Crippen molar-refractivity contribution in [3.63, 3.8) is 0 Å². The molecule has 0 aliphatic carbocycles. The zero-order valence-electron chi connectivity index (χ0n) is 20.1. The second-order valence-corrected chi connectivity index (χ2v) is 7.91. The lowest BCUT2D eigenvalue weighted by Gasteiger charge is -2.20. The Labute approximate surface area is 218 Å². The van der Waals surface area contributed by atoms with E-state index in [-0.39, 0.29) is 23.3 Å². The van der Waals surface area contributed by atoms with Gasteiger partial charge in [0.15, 0.2) is 0 Å². The number of hydrogen-bond donors (Lipinski definition) is 6. The summed E-state index contributed by atoms with van der Waals surface area (Å²) in [5.41, 5.74) is 6.72. The highest BCUT2D eigenvalue weighted by molar-refractivity contribution is 6.02. The summed E-state index contributed by atoms with van der Waals surface area (Å²) in [4.78, 5) is 21.3. The highest BCUT2D eigenvalue weighted by atomic mass is 19.4. The number of halogens is 6. The van der Waals surface area contributed by atoms with Crippen LogP contribution in [0.2, 0.25) is 0 Å². The van der Waals surface area contributed by atoms with Gasteiger partial charge in [-0.2, -0.15) is 26.3 Å². The lowest BCUT2D eigenvalue weighted by atomic mass is 10.1. The molecular weight excluding hydrogens is 532 g/mol. The van der Waals surface area contributed by atoms with Crippen LogP contribution in [0, 0.1) is 5.41 Å². The smallest absolute Gasteiger partial charge is 0.475 e. The Balaban J connectivity index is 0.000000673. The van der Waals surface area contributed by atoms with Gasteiger partial charge >= 0.3 is 24.4 Å². The number of nitrogens with two attached hydrogens (primary N) is 1. The number of carbonyl (C=O) groups is 2. The van der Waals surface area contributed by atoms with Gasteiger partial charge < -0.3 is 26.8 Å². The van der Waals surface area contributed by atoms with Crippen molar-refractivity contribution in [3.8, 4) is 0 Å². The summed E-state index contributed by atoms with van der Waals surface area (Å²) in [7, 11) is 0. The third-order valence-electron chi connectivity index (χ3n) is 4.96. The van der Waals surface area contributed by atoms with Crippen molar-refractivity contribution in [2.24, 2.45) is 5.73 Å². The molecule has 3 rings (SSSR count). The molecule has 0 fully saturated rings. The Morgan fingerprint density at radius 2 is 1.44 bits per heavy atom. The summed E-state index contributed by atoms with van der Waals surface area (Å²) in [6.07, 6.45) is -9.61. The van der Waals surface area contributed by atoms with Gasteiger partial charge in [-0.1, -0.05) is 30.3 Å². The van der Waals surface area contributed by atoms with Crippen LogP contribution in [0.15, 0.2) is 72.8 Å². The molecule has 0 bridgehead atoms. The molecule has 208 valence electrons. The Morgan fingerprint density at radius 3 is 1.92 bits per heavy atom. The Bertz CT molecular complexity index is 1300. The molecule has 0 saturated carbocycles. The van der Waals surface area contributed by atoms with Crippen LogP contribution >= 0.6 is 0 Å². The Kier molecular flexibility index (Phi) is 9.90. The fourth-order valence-corrected chi connectivity index (χ4v) is 3.03. The quantitative estimate of drug-likeness (QED) is 0.118. The van der Waals surface area contributed by atoms with Crippen molar-refractivity contribution in [2.45, 2.75) is 25.3 Å². The van der Waals surface area contributed by atoms with E-state index in [0.717, 1.165) is 17.7 Å². The number of nitrogens with one attached hydrogen (secondary N) is 4. The maximum absolute atomic E-state index is 13.2. The molecule has 14 heteroatoms. The van der Waals surface area contributed by atoms with Gasteiger partial charge in [0.25, 0.3) is 0 Å². The number of carboxylic acid groups (broad SMARTS) is 1. The second-order valence-electron chi connectivity index (χ2n) is 7.91. The van der Waals surface area contributed by atoms with Gasteiger partial charge in [0.2, 0.25) is 0 Å². The summed E-state index contributed by atoms with van der Waals surface area (Å²) in [6.45, 7) is 1.82. The van der Waals surface area contributed by atoms with Gasteiger partial charge in [0, 0.05) is 17.3 Å². The zero-order valence-corrected chi connectivity index (χ0v) is 20.1. The van der Waals surface area contributed by atoms with E-state index in [1.165, 1.54) is 6.07 Å². The first-order valence-corrected chi connectivity index (χ1v) is 10.9. The molecule has 0 radical (unpaired) electrons. The predicted molar refractivity (Wildman–Crippen MR) is 134 cm³/mol. The van der Waals surface area contributed by atoms with Crippen molar-refractivity contribution < 1.29 is 41.0 Å². The standard InChI is InChI=1S/C23H22F3N5O.C2HF3O2/c1-14(15-5-3-2-4-6-15)29-20-13-17(23(24,25)26)9-12-19(20)31-22(32)30-18-10-7-16(8-11-18)21(27)28;3-2(4,5)1(6)7/h2-14,29H,1H3,(H3,27,28)(H2,30,31,32);(H,6,7). The summed E-state index contributed by atoms with van der Waals surface area (Å²) in [5, 5.41) is 22.8. The minimum absolute atomic E-state index is 0.103. The van der Waals surface area contributed by atoms with Crippen LogP contribution in [0.4, 0.5) is 48.2 Å². The molecule has 0 heterocycles. The largest absolute Gasteiger partial charge is 0.490 e. The van der Waals surface area contributed by atoms with Crippen molar-refractivity contribution in [1.82, 2.24) is 0 Å². The molecule has 1 atom stereocenters. The van der Waals surface area contributed by atoms with Crippen LogP contribution in [0.3, 0.4) is 0 Å². The van der Waals surface area contributed by atoms with Crippen molar-refractivity contribution >= 4 is 34.9 Å². The number of carboxylic acids is 1. The van der Waals surface area contributed by atoms with E-state index in [1.807, 2.05) is 37.3 Å². The molecule has 0 aliphatic rings. The number of nitrogen functional groups attached to an aromatic ring is 1. The van der Waals surface area contributed by atoms with E-state index in [9.17, 15) is 31.1 Å². The van der Waals surface area contributed by atoms with Crippen LogP contribution in [0.25, 0.3) is 0 Å². The number of amides is 2. The minimum atomic E-state index is -5.08. The monoisotopic (exact) mass is 555 g/mol. The highest BCUT2D eigenvalue weighted by Gasteiger charge is 2.38. The SMILES string of the molecule is CC(Nc1cc(C(F)(F)F)ccc1NC(=O)Nc1ccc(C(=N)N)cc1)c1ccccc1.O=C(O)C(F)(F)F. The van der Waals surface area contributed by atoms with Crippen molar-refractivity contribution in [2.75, 3.05) is 16.0 Å².